The van der Waals surface area contributed by atoms with Crippen LogP contribution in [-0.2, 0) is 10.2 Å². The molecule has 0 radical (unpaired) electrons. The summed E-state index contributed by atoms with van der Waals surface area (Å²) in [5, 5.41) is 2.72. The first kappa shape index (κ1) is 19.7. The Morgan fingerprint density at radius 2 is 1.93 bits per heavy atom. The summed E-state index contributed by atoms with van der Waals surface area (Å²) in [6.07, 6.45) is 9.28. The SMILES string of the molecule is CC[N+]1=C(/C=C2/N(CCC3CCCC3)c3ccc4ccccc4c3C2(C)C)OCC1. The van der Waals surface area contributed by atoms with Crippen molar-refractivity contribution in [1.82, 2.24) is 0 Å². The largest absolute Gasteiger partial charge is 0.438 e. The van der Waals surface area contributed by atoms with Gasteiger partial charge in [-0.3, -0.25) is 0 Å². The molecular weight excluding hydrogens is 368 g/mol. The van der Waals surface area contributed by atoms with Gasteiger partial charge in [-0.05, 0) is 41.7 Å². The first-order valence-corrected chi connectivity index (χ1v) is 11.9. The van der Waals surface area contributed by atoms with E-state index in [1.807, 2.05) is 0 Å². The van der Waals surface area contributed by atoms with E-state index in [1.54, 1.807) is 0 Å². The molecule has 1 saturated carbocycles. The lowest BCUT2D eigenvalue weighted by Crippen LogP contribution is -2.29. The van der Waals surface area contributed by atoms with Gasteiger partial charge in [0, 0.05) is 23.3 Å². The smallest absolute Gasteiger partial charge is 0.364 e. The molecule has 3 heteroatoms. The molecule has 0 bridgehead atoms. The van der Waals surface area contributed by atoms with E-state index >= 15 is 0 Å². The summed E-state index contributed by atoms with van der Waals surface area (Å²) in [5.74, 6) is 1.94. The second-order valence-corrected chi connectivity index (χ2v) is 9.69. The van der Waals surface area contributed by atoms with Crippen LogP contribution in [0.3, 0.4) is 0 Å². The van der Waals surface area contributed by atoms with E-state index in [0.717, 1.165) is 38.1 Å². The molecule has 0 saturated heterocycles. The predicted octanol–water partition coefficient (Wildman–Crippen LogP) is 5.86. The van der Waals surface area contributed by atoms with Gasteiger partial charge in [0.05, 0.1) is 6.08 Å². The van der Waals surface area contributed by atoms with Crippen LogP contribution in [0.15, 0.2) is 48.2 Å². The molecule has 3 aliphatic rings. The van der Waals surface area contributed by atoms with Crippen molar-refractivity contribution in [2.45, 2.75) is 58.3 Å². The Bertz CT molecular complexity index is 1010. The highest BCUT2D eigenvalue weighted by molar-refractivity contribution is 5.96. The zero-order valence-corrected chi connectivity index (χ0v) is 18.8. The van der Waals surface area contributed by atoms with Crippen LogP contribution in [0.25, 0.3) is 10.8 Å². The number of nitrogens with zero attached hydrogens (tertiary/aromatic N) is 2. The Morgan fingerprint density at radius 1 is 1.13 bits per heavy atom. The zero-order chi connectivity index (χ0) is 20.7. The molecule has 2 heterocycles. The highest BCUT2D eigenvalue weighted by atomic mass is 16.5. The topological polar surface area (TPSA) is 15.5 Å². The van der Waals surface area contributed by atoms with E-state index in [2.05, 4.69) is 72.7 Å². The Hall–Kier alpha value is -2.29. The minimum atomic E-state index is -0.0514. The molecule has 0 spiro atoms. The quantitative estimate of drug-likeness (QED) is 0.581. The van der Waals surface area contributed by atoms with Crippen molar-refractivity contribution >= 4 is 22.4 Å². The number of fused-ring (bicyclic) bond motifs is 3. The highest BCUT2D eigenvalue weighted by Crippen LogP contribution is 2.51. The summed E-state index contributed by atoms with van der Waals surface area (Å²) < 4.78 is 8.42. The van der Waals surface area contributed by atoms with Gasteiger partial charge in [-0.2, -0.15) is 4.58 Å². The fourth-order valence-corrected chi connectivity index (χ4v) is 5.87. The van der Waals surface area contributed by atoms with Gasteiger partial charge in [0.2, 0.25) is 0 Å². The molecule has 0 unspecified atom stereocenters. The van der Waals surface area contributed by atoms with Crippen LogP contribution in [0.1, 0.15) is 58.4 Å². The van der Waals surface area contributed by atoms with Crippen LogP contribution in [0.4, 0.5) is 5.69 Å². The molecule has 158 valence electrons. The van der Waals surface area contributed by atoms with Crippen LogP contribution >= 0.6 is 0 Å². The summed E-state index contributed by atoms with van der Waals surface area (Å²) in [6.45, 7) is 10.9. The first-order chi connectivity index (χ1) is 14.6. The van der Waals surface area contributed by atoms with Crippen LogP contribution in [0.2, 0.25) is 0 Å². The molecule has 0 amide bonds. The molecule has 2 aromatic carbocycles. The Balaban J connectivity index is 1.62. The molecule has 0 atom stereocenters. The molecule has 0 N–H and O–H groups in total. The molecule has 3 nitrogen and oxygen atoms in total. The number of benzene rings is 2. The monoisotopic (exact) mass is 403 g/mol. The van der Waals surface area contributed by atoms with Crippen molar-refractivity contribution in [3.63, 3.8) is 0 Å². The second kappa shape index (κ2) is 7.76. The summed E-state index contributed by atoms with van der Waals surface area (Å²) in [4.78, 5) is 2.61. The van der Waals surface area contributed by atoms with Gasteiger partial charge in [-0.25, -0.2) is 0 Å². The van der Waals surface area contributed by atoms with Gasteiger partial charge in [-0.1, -0.05) is 69.9 Å². The normalized spacial score (nSPS) is 22.4. The van der Waals surface area contributed by atoms with Crippen molar-refractivity contribution in [3.8, 4) is 0 Å². The van der Waals surface area contributed by atoms with Gasteiger partial charge < -0.3 is 9.64 Å². The second-order valence-electron chi connectivity index (χ2n) is 9.69. The number of rotatable bonds is 5. The minimum absolute atomic E-state index is 0.0514. The summed E-state index contributed by atoms with van der Waals surface area (Å²) in [7, 11) is 0. The number of hydrogen-bond acceptors (Lipinski definition) is 2. The Morgan fingerprint density at radius 3 is 2.73 bits per heavy atom. The maximum atomic E-state index is 6.06. The fourth-order valence-electron chi connectivity index (χ4n) is 5.87. The van der Waals surface area contributed by atoms with Crippen LogP contribution < -0.4 is 4.90 Å². The highest BCUT2D eigenvalue weighted by Gasteiger charge is 2.42. The lowest BCUT2D eigenvalue weighted by molar-refractivity contribution is -0.513. The van der Waals surface area contributed by atoms with E-state index < -0.39 is 0 Å². The number of ether oxygens (including phenoxy) is 1. The lowest BCUT2D eigenvalue weighted by atomic mass is 9.81. The van der Waals surface area contributed by atoms with Gasteiger partial charge >= 0.3 is 5.90 Å². The fraction of sp³-hybridized carbons (Fsp3) is 0.519. The molecule has 30 heavy (non-hydrogen) atoms. The van der Waals surface area contributed by atoms with Gasteiger partial charge in [-0.15, -0.1) is 0 Å². The minimum Gasteiger partial charge on any atom is -0.438 e. The van der Waals surface area contributed by atoms with Gasteiger partial charge in [0.15, 0.2) is 13.2 Å². The van der Waals surface area contributed by atoms with Crippen molar-refractivity contribution in [3.05, 3.63) is 53.7 Å². The van der Waals surface area contributed by atoms with Gasteiger partial charge in [0.1, 0.15) is 6.54 Å². The van der Waals surface area contributed by atoms with E-state index in [1.165, 1.54) is 59.8 Å². The van der Waals surface area contributed by atoms with Crippen molar-refractivity contribution < 1.29 is 9.31 Å². The molecule has 5 rings (SSSR count). The predicted molar refractivity (Wildman–Crippen MR) is 126 cm³/mol. The third-order valence-corrected chi connectivity index (χ3v) is 7.55. The third kappa shape index (κ3) is 3.23. The maximum absolute atomic E-state index is 6.06. The maximum Gasteiger partial charge on any atom is 0.364 e. The van der Waals surface area contributed by atoms with Gasteiger partial charge in [0.25, 0.3) is 0 Å². The zero-order valence-electron chi connectivity index (χ0n) is 18.8. The number of likely N-dealkylation sites (N-methyl/N-ethyl adjacent to an activating group) is 1. The summed E-state index contributed by atoms with van der Waals surface area (Å²) in [6, 6.07) is 13.5. The Labute approximate surface area is 181 Å². The lowest BCUT2D eigenvalue weighted by Gasteiger charge is -2.27. The molecule has 2 aromatic rings. The first-order valence-electron chi connectivity index (χ1n) is 11.9. The molecule has 1 aliphatic carbocycles. The van der Waals surface area contributed by atoms with E-state index in [4.69, 9.17) is 4.74 Å². The van der Waals surface area contributed by atoms with Crippen molar-refractivity contribution in [2.75, 3.05) is 31.1 Å². The molecule has 0 aromatic heterocycles. The van der Waals surface area contributed by atoms with Crippen LogP contribution in [-0.4, -0.2) is 36.7 Å². The molecular formula is C27H35N2O+. The average Bonchev–Trinajstić information content (AvgIpc) is 3.47. The van der Waals surface area contributed by atoms with Crippen LogP contribution in [0, 0.1) is 5.92 Å². The Kier molecular flexibility index (Phi) is 5.08. The van der Waals surface area contributed by atoms with E-state index in [-0.39, 0.29) is 5.41 Å². The number of hydrogen-bond donors (Lipinski definition) is 0. The summed E-state index contributed by atoms with van der Waals surface area (Å²) >= 11 is 0. The van der Waals surface area contributed by atoms with Crippen LogP contribution in [0.5, 0.6) is 0 Å². The molecule has 2 aliphatic heterocycles. The average molecular weight is 404 g/mol. The number of anilines is 1. The van der Waals surface area contributed by atoms with E-state index in [9.17, 15) is 0 Å². The standard InChI is InChI=1S/C27H35N2O/c1-4-28-17-18-30-25(28)19-24-27(2,3)26-22-12-8-7-11-21(22)13-14-23(26)29(24)16-15-20-9-5-6-10-20/h7-8,11-14,19-20H,4-6,9-10,15-18H2,1-3H3/q+1. The van der Waals surface area contributed by atoms with Crippen molar-refractivity contribution in [1.29, 1.82) is 0 Å². The number of allylic oxidation sites excluding steroid dienone is 1. The third-order valence-electron chi connectivity index (χ3n) is 7.55. The van der Waals surface area contributed by atoms with Crippen molar-refractivity contribution in [2.24, 2.45) is 5.92 Å². The summed E-state index contributed by atoms with van der Waals surface area (Å²) in [5.41, 5.74) is 4.20. The van der Waals surface area contributed by atoms with E-state index in [0.29, 0.717) is 0 Å². The molecule has 1 fully saturated rings.